The van der Waals surface area contributed by atoms with E-state index < -0.39 is 23.6 Å². The number of pyridine rings is 1. The summed E-state index contributed by atoms with van der Waals surface area (Å²) in [5, 5.41) is 2.68. The number of nitrogens with two attached hydrogens (primary N) is 1. The molecule has 0 aliphatic carbocycles. The van der Waals surface area contributed by atoms with E-state index in [1.165, 1.54) is 0 Å². The van der Waals surface area contributed by atoms with Crippen molar-refractivity contribution in [2.45, 2.75) is 38.1 Å². The SMILES string of the molecule is NC(=O)C(=O)[C@@H]1CCCCCCOc2ccnc(c2)-c2ccccc2C(=O)N1. The molecule has 28 heavy (non-hydrogen) atoms. The number of fused-ring (bicyclic) bond motifs is 4. The van der Waals surface area contributed by atoms with Crippen molar-refractivity contribution in [1.29, 1.82) is 0 Å². The van der Waals surface area contributed by atoms with Gasteiger partial charge in [0.25, 0.3) is 11.8 Å². The number of primary amides is 1. The van der Waals surface area contributed by atoms with Crippen molar-refractivity contribution in [3.8, 4) is 17.0 Å². The zero-order valence-electron chi connectivity index (χ0n) is 15.5. The number of carbonyl (C=O) groups is 3. The van der Waals surface area contributed by atoms with E-state index >= 15 is 0 Å². The monoisotopic (exact) mass is 381 g/mol. The largest absolute Gasteiger partial charge is 0.493 e. The molecule has 7 heteroatoms. The highest BCUT2D eigenvalue weighted by Crippen LogP contribution is 2.25. The normalized spacial score (nSPS) is 17.9. The van der Waals surface area contributed by atoms with Crippen LogP contribution in [0.2, 0.25) is 0 Å². The van der Waals surface area contributed by atoms with Gasteiger partial charge in [0.05, 0.1) is 18.3 Å². The highest BCUT2D eigenvalue weighted by molar-refractivity contribution is 6.38. The molecule has 0 unspecified atom stereocenters. The highest BCUT2D eigenvalue weighted by atomic mass is 16.5. The molecule has 1 aromatic carbocycles. The lowest BCUT2D eigenvalue weighted by Crippen LogP contribution is -2.46. The lowest BCUT2D eigenvalue weighted by atomic mass is 10.0. The summed E-state index contributed by atoms with van der Waals surface area (Å²) >= 11 is 0. The zero-order valence-corrected chi connectivity index (χ0v) is 15.5. The van der Waals surface area contributed by atoms with Crippen molar-refractivity contribution in [3.05, 3.63) is 48.2 Å². The third-order valence-corrected chi connectivity index (χ3v) is 4.70. The molecule has 2 heterocycles. The molecule has 0 saturated heterocycles. The van der Waals surface area contributed by atoms with Crippen LogP contribution in [0.3, 0.4) is 0 Å². The second-order valence-corrected chi connectivity index (χ2v) is 6.73. The molecular weight excluding hydrogens is 358 g/mol. The Morgan fingerprint density at radius 1 is 1.07 bits per heavy atom. The van der Waals surface area contributed by atoms with Gasteiger partial charge in [0.1, 0.15) is 5.75 Å². The first-order chi connectivity index (χ1) is 13.6. The standard InChI is InChI=1S/C21H23N3O4/c22-20(26)19(25)17-9-3-1-2-6-12-28-14-10-11-23-18(13-14)15-7-4-5-8-16(15)21(27)24-17/h4-5,7-8,10-11,13,17H,1-3,6,9,12H2,(H2,22,26)(H,24,27)/t17-/m0/s1. The van der Waals surface area contributed by atoms with Crippen LogP contribution < -0.4 is 15.8 Å². The van der Waals surface area contributed by atoms with Crippen molar-refractivity contribution < 1.29 is 19.1 Å². The van der Waals surface area contributed by atoms with E-state index in [2.05, 4.69) is 10.3 Å². The molecule has 1 aliphatic rings. The number of Topliss-reactive ketones (excluding diaryl/α,β-unsaturated/α-hetero) is 1. The molecule has 0 spiro atoms. The molecular formula is C21H23N3O4. The van der Waals surface area contributed by atoms with Crippen LogP contribution in [0, 0.1) is 0 Å². The molecule has 146 valence electrons. The first-order valence-corrected chi connectivity index (χ1v) is 9.39. The molecule has 7 nitrogen and oxygen atoms in total. The number of hydrogen-bond acceptors (Lipinski definition) is 5. The van der Waals surface area contributed by atoms with Gasteiger partial charge in [-0.2, -0.15) is 0 Å². The van der Waals surface area contributed by atoms with Crippen molar-refractivity contribution in [2.75, 3.05) is 6.61 Å². The molecule has 1 aromatic heterocycles. The average molecular weight is 381 g/mol. The second-order valence-electron chi connectivity index (χ2n) is 6.73. The summed E-state index contributed by atoms with van der Waals surface area (Å²) in [5.74, 6) is -1.58. The summed E-state index contributed by atoms with van der Waals surface area (Å²) in [7, 11) is 0. The maximum absolute atomic E-state index is 12.9. The third kappa shape index (κ3) is 4.73. The van der Waals surface area contributed by atoms with E-state index in [1.54, 1.807) is 36.5 Å². The van der Waals surface area contributed by atoms with Crippen LogP contribution in [-0.4, -0.2) is 35.2 Å². The Morgan fingerprint density at radius 3 is 2.61 bits per heavy atom. The van der Waals surface area contributed by atoms with E-state index in [0.29, 0.717) is 42.0 Å². The number of amides is 2. The number of carbonyl (C=O) groups excluding carboxylic acids is 3. The Morgan fingerprint density at radius 2 is 1.82 bits per heavy atom. The number of nitrogens with one attached hydrogen (secondary N) is 1. The fraction of sp³-hybridized carbons (Fsp3) is 0.333. The average Bonchev–Trinajstić information content (AvgIpc) is 2.71. The van der Waals surface area contributed by atoms with Crippen LogP contribution in [0.25, 0.3) is 11.3 Å². The van der Waals surface area contributed by atoms with Gasteiger partial charge in [-0.05, 0) is 25.0 Å². The number of nitrogens with zero attached hydrogens (tertiary/aromatic N) is 1. The molecule has 3 rings (SSSR count). The van der Waals surface area contributed by atoms with E-state index in [-0.39, 0.29) is 0 Å². The minimum Gasteiger partial charge on any atom is -0.493 e. The van der Waals surface area contributed by atoms with Gasteiger partial charge in [0, 0.05) is 23.4 Å². The first-order valence-electron chi connectivity index (χ1n) is 9.39. The van der Waals surface area contributed by atoms with Gasteiger partial charge in [-0.1, -0.05) is 37.5 Å². The van der Waals surface area contributed by atoms with Gasteiger partial charge in [-0.3, -0.25) is 19.4 Å². The molecule has 2 bridgehead atoms. The van der Waals surface area contributed by atoms with Crippen LogP contribution in [0.1, 0.15) is 42.5 Å². The van der Waals surface area contributed by atoms with E-state index in [0.717, 1.165) is 19.3 Å². The van der Waals surface area contributed by atoms with Crippen molar-refractivity contribution >= 4 is 17.6 Å². The Balaban J connectivity index is 1.97. The number of ether oxygens (including phenoxy) is 1. The van der Waals surface area contributed by atoms with E-state index in [1.807, 2.05) is 6.07 Å². The van der Waals surface area contributed by atoms with Crippen LogP contribution in [-0.2, 0) is 9.59 Å². The van der Waals surface area contributed by atoms with Gasteiger partial charge >= 0.3 is 0 Å². The fourth-order valence-corrected chi connectivity index (χ4v) is 3.22. The minimum absolute atomic E-state index is 0.364. The smallest absolute Gasteiger partial charge is 0.287 e. The molecule has 2 amide bonds. The molecule has 0 saturated carbocycles. The predicted molar refractivity (Wildman–Crippen MR) is 104 cm³/mol. The maximum atomic E-state index is 12.9. The number of ketones is 1. The second kappa shape index (κ2) is 9.12. The zero-order chi connectivity index (χ0) is 19.9. The number of benzene rings is 1. The molecule has 0 radical (unpaired) electrons. The van der Waals surface area contributed by atoms with Gasteiger partial charge in [-0.15, -0.1) is 0 Å². The van der Waals surface area contributed by atoms with Crippen LogP contribution in [0.15, 0.2) is 42.6 Å². The number of rotatable bonds is 2. The lowest BCUT2D eigenvalue weighted by Gasteiger charge is -2.17. The fourth-order valence-electron chi connectivity index (χ4n) is 3.22. The van der Waals surface area contributed by atoms with Crippen LogP contribution in [0.5, 0.6) is 5.75 Å². The van der Waals surface area contributed by atoms with Gasteiger partial charge < -0.3 is 15.8 Å². The Hall–Kier alpha value is -3.22. The maximum Gasteiger partial charge on any atom is 0.287 e. The summed E-state index contributed by atoms with van der Waals surface area (Å²) in [5.41, 5.74) is 6.74. The van der Waals surface area contributed by atoms with Crippen molar-refractivity contribution in [3.63, 3.8) is 0 Å². The summed E-state index contributed by atoms with van der Waals surface area (Å²) in [4.78, 5) is 40.8. The van der Waals surface area contributed by atoms with Gasteiger partial charge in [0.15, 0.2) is 0 Å². The number of aromatic nitrogens is 1. The third-order valence-electron chi connectivity index (χ3n) is 4.70. The summed E-state index contributed by atoms with van der Waals surface area (Å²) < 4.78 is 5.80. The topological polar surface area (TPSA) is 111 Å². The molecule has 1 aliphatic heterocycles. The Kier molecular flexibility index (Phi) is 6.37. The van der Waals surface area contributed by atoms with Crippen LogP contribution >= 0.6 is 0 Å². The number of hydrogen-bond donors (Lipinski definition) is 2. The molecule has 2 aromatic rings. The van der Waals surface area contributed by atoms with Crippen molar-refractivity contribution in [1.82, 2.24) is 10.3 Å². The van der Waals surface area contributed by atoms with Gasteiger partial charge in [-0.25, -0.2) is 0 Å². The summed E-state index contributed by atoms with van der Waals surface area (Å²) in [6.45, 7) is 0.575. The summed E-state index contributed by atoms with van der Waals surface area (Å²) in [6.07, 6.45) is 5.35. The summed E-state index contributed by atoms with van der Waals surface area (Å²) in [6, 6.07) is 9.62. The predicted octanol–water partition coefficient (Wildman–Crippen LogP) is 2.24. The van der Waals surface area contributed by atoms with Crippen LogP contribution in [0.4, 0.5) is 0 Å². The first kappa shape index (κ1) is 19.5. The highest BCUT2D eigenvalue weighted by Gasteiger charge is 2.26. The molecule has 0 fully saturated rings. The van der Waals surface area contributed by atoms with E-state index in [9.17, 15) is 14.4 Å². The molecule has 3 N–H and O–H groups in total. The Labute approximate surface area is 163 Å². The lowest BCUT2D eigenvalue weighted by molar-refractivity contribution is -0.137. The quantitative estimate of drug-likeness (QED) is 0.775. The van der Waals surface area contributed by atoms with Gasteiger partial charge in [0.2, 0.25) is 5.78 Å². The Bertz CT molecular complexity index is 881. The van der Waals surface area contributed by atoms with Crippen molar-refractivity contribution in [2.24, 2.45) is 5.73 Å². The minimum atomic E-state index is -1.04. The van der Waals surface area contributed by atoms with E-state index in [4.69, 9.17) is 10.5 Å². The molecule has 1 atom stereocenters.